The number of rotatable bonds is 8. The highest BCUT2D eigenvalue weighted by molar-refractivity contribution is 7.91. The Morgan fingerprint density at radius 3 is 2.64 bits per heavy atom. The minimum absolute atomic E-state index is 0.0249. The molecule has 5 rings (SSSR count). The van der Waals surface area contributed by atoms with Crippen LogP contribution in [0.4, 0.5) is 16.2 Å². The number of anilines is 2. The quantitative estimate of drug-likeness (QED) is 0.249. The molecule has 0 spiro atoms. The highest BCUT2D eigenvalue weighted by Crippen LogP contribution is 2.31. The van der Waals surface area contributed by atoms with E-state index in [1.807, 2.05) is 49.4 Å². The van der Waals surface area contributed by atoms with Gasteiger partial charge in [-0.1, -0.05) is 49.4 Å². The molecular weight excluding hydrogens is 601 g/mol. The fourth-order valence-corrected chi connectivity index (χ4v) is 7.64. The summed E-state index contributed by atoms with van der Waals surface area (Å²) >= 11 is 1.14. The van der Waals surface area contributed by atoms with Gasteiger partial charge in [0.25, 0.3) is 10.0 Å². The van der Waals surface area contributed by atoms with Crippen molar-refractivity contribution in [3.63, 3.8) is 0 Å². The molecule has 10 nitrogen and oxygen atoms in total. The van der Waals surface area contributed by atoms with Gasteiger partial charge in [-0.25, -0.2) is 13.2 Å². The number of fused-ring (bicyclic) bond motifs is 2. The molecule has 1 aliphatic rings. The van der Waals surface area contributed by atoms with Gasteiger partial charge >= 0.3 is 6.03 Å². The minimum atomic E-state index is -3.73. The highest BCUT2D eigenvalue weighted by atomic mass is 32.2. The molecule has 0 unspecified atom stereocenters. The number of likely N-dealkylation sites (N-methyl/N-ethyl adjacent to an activating group) is 1. The van der Waals surface area contributed by atoms with Crippen LogP contribution in [0.3, 0.4) is 0 Å². The van der Waals surface area contributed by atoms with Crippen LogP contribution in [0.25, 0.3) is 10.8 Å². The molecule has 0 saturated heterocycles. The Kier molecular flexibility index (Phi) is 9.54. The molecule has 4 aromatic rings. The third-order valence-electron chi connectivity index (χ3n) is 7.81. The Hall–Kier alpha value is -3.97. The fraction of sp³-hybridized carbons (Fsp3) is 0.312. The van der Waals surface area contributed by atoms with Crippen LogP contribution >= 0.6 is 11.3 Å². The van der Waals surface area contributed by atoms with Gasteiger partial charge in [-0.05, 0) is 48.0 Å². The second-order valence-corrected chi connectivity index (χ2v) is 14.3. The Morgan fingerprint density at radius 2 is 1.89 bits per heavy atom. The minimum Gasteiger partial charge on any atom is -0.488 e. The van der Waals surface area contributed by atoms with Crippen LogP contribution in [0.15, 0.2) is 82.4 Å². The van der Waals surface area contributed by atoms with Crippen LogP contribution in [-0.2, 0) is 21.2 Å². The van der Waals surface area contributed by atoms with Crippen molar-refractivity contribution in [3.8, 4) is 5.75 Å². The number of carbonyl (C=O) groups is 2. The van der Waals surface area contributed by atoms with Crippen molar-refractivity contribution in [2.75, 3.05) is 37.4 Å². The number of aliphatic hydroxyl groups is 1. The number of thiophene rings is 1. The van der Waals surface area contributed by atoms with Gasteiger partial charge in [0.15, 0.2) is 0 Å². The Bertz CT molecular complexity index is 1740. The number of hydrogen-bond donors (Lipinski definition) is 3. The molecule has 0 aliphatic carbocycles. The number of benzene rings is 3. The molecule has 3 aromatic carbocycles. The summed E-state index contributed by atoms with van der Waals surface area (Å²) in [6.45, 7) is 3.76. The summed E-state index contributed by atoms with van der Waals surface area (Å²) in [4.78, 5) is 28.1. The lowest BCUT2D eigenvalue weighted by atomic mass is 10.0. The van der Waals surface area contributed by atoms with Crippen molar-refractivity contribution in [3.05, 3.63) is 83.7 Å². The lowest BCUT2D eigenvalue weighted by molar-refractivity contribution is -0.134. The zero-order chi connectivity index (χ0) is 31.4. The van der Waals surface area contributed by atoms with E-state index in [-0.39, 0.29) is 42.2 Å². The first-order valence-electron chi connectivity index (χ1n) is 14.3. The number of urea groups is 1. The van der Waals surface area contributed by atoms with Gasteiger partial charge < -0.3 is 25.4 Å². The number of aliphatic hydroxyl groups excluding tert-OH is 1. The standard InChI is InChI=1S/C32H36N4O6S2/c1-21-18-36(22(2)20-37)30(38)17-24-16-25(33-32(39)34-27-11-6-9-23-8-4-5-10-26(23)27)13-14-28(24)42-29(21)19-35(3)44(40,41)31-12-7-15-43-31/h4-16,21-22,29,37H,17-20H2,1-3H3,(H2,33,34,39)/t21-,22+,29-/m1/s1. The number of carbonyl (C=O) groups excluding carboxylic acids is 2. The average molecular weight is 637 g/mol. The molecule has 232 valence electrons. The third kappa shape index (κ3) is 6.88. The molecule has 44 heavy (non-hydrogen) atoms. The molecule has 12 heteroatoms. The van der Waals surface area contributed by atoms with Gasteiger partial charge in [-0.15, -0.1) is 11.3 Å². The number of nitrogens with one attached hydrogen (secondary N) is 2. The second-order valence-electron chi connectivity index (χ2n) is 11.0. The molecule has 1 aliphatic heterocycles. The largest absolute Gasteiger partial charge is 0.488 e. The van der Waals surface area contributed by atoms with Gasteiger partial charge in [-0.2, -0.15) is 4.31 Å². The normalized spacial score (nSPS) is 18.1. The van der Waals surface area contributed by atoms with Crippen LogP contribution in [-0.4, -0.2) is 73.6 Å². The molecule has 0 fully saturated rings. The van der Waals surface area contributed by atoms with Gasteiger partial charge in [0.05, 0.1) is 31.3 Å². The molecule has 0 radical (unpaired) electrons. The Balaban J connectivity index is 1.41. The topological polar surface area (TPSA) is 128 Å². The summed E-state index contributed by atoms with van der Waals surface area (Å²) in [5.41, 5.74) is 1.66. The number of sulfonamides is 1. The lowest BCUT2D eigenvalue weighted by Crippen LogP contribution is -2.48. The predicted molar refractivity (Wildman–Crippen MR) is 173 cm³/mol. The van der Waals surface area contributed by atoms with E-state index in [2.05, 4.69) is 10.6 Å². The molecule has 1 aromatic heterocycles. The van der Waals surface area contributed by atoms with Crippen molar-refractivity contribution in [1.29, 1.82) is 0 Å². The number of ether oxygens (including phenoxy) is 1. The van der Waals surface area contributed by atoms with E-state index in [4.69, 9.17) is 4.74 Å². The van der Waals surface area contributed by atoms with Crippen LogP contribution in [0.2, 0.25) is 0 Å². The summed E-state index contributed by atoms with van der Waals surface area (Å²) in [7, 11) is -2.22. The van der Waals surface area contributed by atoms with Crippen molar-refractivity contribution < 1.29 is 27.9 Å². The SMILES string of the molecule is C[C@@H]1CN([C@@H](C)CO)C(=O)Cc2cc(NC(=O)Nc3cccc4ccccc34)ccc2O[C@@H]1CN(C)S(=O)(=O)c1cccs1. The summed E-state index contributed by atoms with van der Waals surface area (Å²) in [6.07, 6.45) is -0.635. The zero-order valence-corrected chi connectivity index (χ0v) is 26.4. The van der Waals surface area contributed by atoms with E-state index in [0.717, 1.165) is 22.1 Å². The lowest BCUT2D eigenvalue weighted by Gasteiger charge is -2.33. The summed E-state index contributed by atoms with van der Waals surface area (Å²) in [6, 6.07) is 20.8. The van der Waals surface area contributed by atoms with E-state index < -0.39 is 28.2 Å². The van der Waals surface area contributed by atoms with E-state index in [1.165, 1.54) is 11.4 Å². The first-order chi connectivity index (χ1) is 21.1. The van der Waals surface area contributed by atoms with E-state index in [9.17, 15) is 23.1 Å². The molecule has 3 amide bonds. The molecule has 3 N–H and O–H groups in total. The average Bonchev–Trinajstić information content (AvgIpc) is 3.57. The van der Waals surface area contributed by atoms with E-state index in [1.54, 1.807) is 47.5 Å². The van der Waals surface area contributed by atoms with E-state index >= 15 is 0 Å². The first kappa shape index (κ1) is 31.5. The van der Waals surface area contributed by atoms with E-state index in [0.29, 0.717) is 22.7 Å². The van der Waals surface area contributed by atoms with Gasteiger partial charge in [-0.3, -0.25) is 4.79 Å². The van der Waals surface area contributed by atoms with Gasteiger partial charge in [0, 0.05) is 36.1 Å². The van der Waals surface area contributed by atoms with Crippen molar-refractivity contribution in [2.24, 2.45) is 5.92 Å². The van der Waals surface area contributed by atoms with Crippen molar-refractivity contribution in [2.45, 2.75) is 36.6 Å². The highest BCUT2D eigenvalue weighted by Gasteiger charge is 2.33. The Labute approximate surface area is 261 Å². The maximum Gasteiger partial charge on any atom is 0.323 e. The van der Waals surface area contributed by atoms with Crippen LogP contribution in [0.1, 0.15) is 19.4 Å². The summed E-state index contributed by atoms with van der Waals surface area (Å²) < 4.78 is 34.4. The summed E-state index contributed by atoms with van der Waals surface area (Å²) in [5, 5.41) is 19.3. The molecule has 0 bridgehead atoms. The first-order valence-corrected chi connectivity index (χ1v) is 16.6. The van der Waals surface area contributed by atoms with Crippen LogP contribution in [0, 0.1) is 5.92 Å². The van der Waals surface area contributed by atoms with Crippen molar-refractivity contribution in [1.82, 2.24) is 9.21 Å². The second kappa shape index (κ2) is 13.3. The monoisotopic (exact) mass is 636 g/mol. The van der Waals surface area contributed by atoms with Crippen LogP contribution < -0.4 is 15.4 Å². The number of hydrogen-bond acceptors (Lipinski definition) is 7. The summed E-state index contributed by atoms with van der Waals surface area (Å²) in [5.74, 6) is -0.0550. The van der Waals surface area contributed by atoms with Crippen molar-refractivity contribution >= 4 is 55.4 Å². The van der Waals surface area contributed by atoms with Gasteiger partial charge in [0.1, 0.15) is 16.1 Å². The smallest absolute Gasteiger partial charge is 0.323 e. The third-order valence-corrected chi connectivity index (χ3v) is 11.0. The fourth-order valence-electron chi connectivity index (χ4n) is 5.26. The molecule has 3 atom stereocenters. The number of amides is 3. The maximum atomic E-state index is 13.5. The maximum absolute atomic E-state index is 13.5. The molecule has 2 heterocycles. The molecular formula is C32H36N4O6S2. The predicted octanol–water partition coefficient (Wildman–Crippen LogP) is 5.02. The number of nitrogens with zero attached hydrogens (tertiary/aromatic N) is 2. The molecule has 0 saturated carbocycles. The van der Waals surface area contributed by atoms with Gasteiger partial charge in [0.2, 0.25) is 5.91 Å². The zero-order valence-electron chi connectivity index (χ0n) is 24.8. The Morgan fingerprint density at radius 1 is 1.11 bits per heavy atom. The van der Waals surface area contributed by atoms with Crippen LogP contribution in [0.5, 0.6) is 5.75 Å².